The molecule has 1 aromatic rings. The van der Waals surface area contributed by atoms with Crippen LogP contribution < -0.4 is 10.6 Å². The zero-order chi connectivity index (χ0) is 20.9. The number of hydrogen-bond donors (Lipinski definition) is 3. The smallest absolute Gasteiger partial charge is 0.310 e. The standard InChI is InChI=1S/C25H38N2O2/c1-4-20(14-18-8-6-5-7-9-18)22-15-23(22)26-16-19-10-12-21(13-11-19)27-17-25(2,3)24(28)29/h5-9,14,19,21-23,26-27H,4,10-13,15-17H2,1-3H3,(H,28,29)/t19?,21?,22?,23-/m0/s1. The predicted molar refractivity (Wildman–Crippen MR) is 120 cm³/mol. The highest BCUT2D eigenvalue weighted by Gasteiger charge is 2.39. The fourth-order valence-corrected chi connectivity index (χ4v) is 4.43. The van der Waals surface area contributed by atoms with E-state index in [1.807, 2.05) is 0 Å². The maximum Gasteiger partial charge on any atom is 0.310 e. The summed E-state index contributed by atoms with van der Waals surface area (Å²) in [5.74, 6) is 0.732. The Morgan fingerprint density at radius 1 is 1.14 bits per heavy atom. The first kappa shape index (κ1) is 22.0. The van der Waals surface area contributed by atoms with Crippen LogP contribution in [0.15, 0.2) is 35.9 Å². The third-order valence-electron chi connectivity index (χ3n) is 6.75. The van der Waals surface area contributed by atoms with Crippen molar-refractivity contribution >= 4 is 12.0 Å². The summed E-state index contributed by atoms with van der Waals surface area (Å²) in [6.45, 7) is 7.52. The first-order chi connectivity index (χ1) is 13.9. The second-order valence-corrected chi connectivity index (χ2v) is 9.63. The van der Waals surface area contributed by atoms with E-state index in [0.29, 0.717) is 24.5 Å². The van der Waals surface area contributed by atoms with Crippen LogP contribution in [-0.4, -0.2) is 36.2 Å². The molecule has 2 fully saturated rings. The summed E-state index contributed by atoms with van der Waals surface area (Å²) < 4.78 is 0. The zero-order valence-corrected chi connectivity index (χ0v) is 18.3. The molecule has 0 aromatic heterocycles. The lowest BCUT2D eigenvalue weighted by molar-refractivity contribution is -0.146. The van der Waals surface area contributed by atoms with Crippen LogP contribution >= 0.6 is 0 Å². The largest absolute Gasteiger partial charge is 0.481 e. The topological polar surface area (TPSA) is 61.4 Å². The normalized spacial score (nSPS) is 27.6. The minimum atomic E-state index is -0.727. The van der Waals surface area contributed by atoms with E-state index < -0.39 is 11.4 Å². The van der Waals surface area contributed by atoms with Gasteiger partial charge >= 0.3 is 5.97 Å². The molecule has 4 nitrogen and oxygen atoms in total. The fraction of sp³-hybridized carbons (Fsp3) is 0.640. The van der Waals surface area contributed by atoms with Gasteiger partial charge in [0.1, 0.15) is 0 Å². The van der Waals surface area contributed by atoms with Gasteiger partial charge in [0.05, 0.1) is 5.41 Å². The number of rotatable bonds is 10. The van der Waals surface area contributed by atoms with Crippen molar-refractivity contribution in [3.63, 3.8) is 0 Å². The second-order valence-electron chi connectivity index (χ2n) is 9.63. The first-order valence-corrected chi connectivity index (χ1v) is 11.3. The van der Waals surface area contributed by atoms with Crippen LogP contribution in [0.2, 0.25) is 0 Å². The zero-order valence-electron chi connectivity index (χ0n) is 18.3. The number of benzene rings is 1. The van der Waals surface area contributed by atoms with Crippen LogP contribution in [0.4, 0.5) is 0 Å². The van der Waals surface area contributed by atoms with Crippen molar-refractivity contribution in [2.75, 3.05) is 13.1 Å². The predicted octanol–water partition coefficient (Wildman–Crippen LogP) is 4.72. The van der Waals surface area contributed by atoms with E-state index >= 15 is 0 Å². The fourth-order valence-electron chi connectivity index (χ4n) is 4.43. The Bertz CT molecular complexity index is 690. The van der Waals surface area contributed by atoms with Crippen molar-refractivity contribution in [2.45, 2.75) is 71.4 Å². The van der Waals surface area contributed by atoms with Crippen molar-refractivity contribution in [1.82, 2.24) is 10.6 Å². The van der Waals surface area contributed by atoms with E-state index in [2.05, 4.69) is 54.0 Å². The number of carboxylic acid groups (broad SMARTS) is 1. The molecule has 29 heavy (non-hydrogen) atoms. The second kappa shape index (κ2) is 9.90. The summed E-state index contributed by atoms with van der Waals surface area (Å²) in [5.41, 5.74) is 2.19. The van der Waals surface area contributed by atoms with Gasteiger partial charge in [-0.15, -0.1) is 0 Å². The first-order valence-electron chi connectivity index (χ1n) is 11.3. The van der Waals surface area contributed by atoms with Gasteiger partial charge < -0.3 is 15.7 Å². The lowest BCUT2D eigenvalue weighted by Gasteiger charge is -2.31. The minimum Gasteiger partial charge on any atom is -0.481 e. The van der Waals surface area contributed by atoms with Crippen molar-refractivity contribution in [1.29, 1.82) is 0 Å². The Morgan fingerprint density at radius 2 is 1.83 bits per heavy atom. The highest BCUT2D eigenvalue weighted by atomic mass is 16.4. The molecule has 4 heteroatoms. The van der Waals surface area contributed by atoms with E-state index in [0.717, 1.165) is 31.7 Å². The molecule has 0 aliphatic heterocycles. The highest BCUT2D eigenvalue weighted by molar-refractivity contribution is 5.73. The molecule has 0 heterocycles. The monoisotopic (exact) mass is 398 g/mol. The Balaban J connectivity index is 1.36. The summed E-state index contributed by atoms with van der Waals surface area (Å²) in [5, 5.41) is 16.6. The van der Waals surface area contributed by atoms with Gasteiger partial charge in [0.15, 0.2) is 0 Å². The van der Waals surface area contributed by atoms with Crippen LogP contribution in [0, 0.1) is 17.3 Å². The quantitative estimate of drug-likeness (QED) is 0.534. The van der Waals surface area contributed by atoms with Crippen LogP contribution in [0.1, 0.15) is 64.9 Å². The maximum atomic E-state index is 11.2. The summed E-state index contributed by atoms with van der Waals surface area (Å²) >= 11 is 0. The Hall–Kier alpha value is -1.65. The lowest BCUT2D eigenvalue weighted by Crippen LogP contribution is -2.43. The number of aliphatic carboxylic acids is 1. The van der Waals surface area contributed by atoms with Crippen LogP contribution in [0.25, 0.3) is 6.08 Å². The summed E-state index contributed by atoms with van der Waals surface area (Å²) in [6.07, 6.45) is 9.55. The van der Waals surface area contributed by atoms with Crippen molar-refractivity contribution in [3.8, 4) is 0 Å². The molecule has 160 valence electrons. The van der Waals surface area contributed by atoms with E-state index in [9.17, 15) is 9.90 Å². The number of nitrogens with one attached hydrogen (secondary N) is 2. The van der Waals surface area contributed by atoms with Crippen molar-refractivity contribution < 1.29 is 9.90 Å². The van der Waals surface area contributed by atoms with Gasteiger partial charge in [0.2, 0.25) is 0 Å². The third kappa shape index (κ3) is 6.42. The molecule has 0 bridgehead atoms. The van der Waals surface area contributed by atoms with Crippen molar-refractivity contribution in [3.05, 3.63) is 41.5 Å². The maximum absolute atomic E-state index is 11.2. The summed E-state index contributed by atoms with van der Waals surface area (Å²) in [6, 6.07) is 11.8. The molecule has 0 saturated heterocycles. The SMILES string of the molecule is CCC(=Cc1ccccc1)C1C[C@@H]1NCC1CCC(NCC(C)(C)C(=O)O)CC1. The Kier molecular flexibility index (Phi) is 7.53. The van der Waals surface area contributed by atoms with Gasteiger partial charge in [-0.3, -0.25) is 4.79 Å². The molecular formula is C25H38N2O2. The number of carboxylic acids is 1. The molecular weight excluding hydrogens is 360 g/mol. The van der Waals surface area contributed by atoms with E-state index in [1.54, 1.807) is 19.4 Å². The summed E-state index contributed by atoms with van der Waals surface area (Å²) in [4.78, 5) is 11.2. The van der Waals surface area contributed by atoms with Gasteiger partial charge in [-0.25, -0.2) is 0 Å². The van der Waals surface area contributed by atoms with Gasteiger partial charge in [-0.05, 0) is 76.3 Å². The minimum absolute atomic E-state index is 0.471. The van der Waals surface area contributed by atoms with Gasteiger partial charge in [0, 0.05) is 18.6 Å². The van der Waals surface area contributed by atoms with E-state index in [4.69, 9.17) is 0 Å². The van der Waals surface area contributed by atoms with Gasteiger partial charge in [-0.1, -0.05) is 48.9 Å². The Morgan fingerprint density at radius 3 is 2.45 bits per heavy atom. The van der Waals surface area contributed by atoms with Crippen molar-refractivity contribution in [2.24, 2.45) is 17.3 Å². The number of hydrogen-bond acceptors (Lipinski definition) is 3. The molecule has 3 N–H and O–H groups in total. The molecule has 1 unspecified atom stereocenters. The molecule has 2 saturated carbocycles. The lowest BCUT2D eigenvalue weighted by atomic mass is 9.85. The van der Waals surface area contributed by atoms with Gasteiger partial charge in [-0.2, -0.15) is 0 Å². The average molecular weight is 399 g/mol. The molecule has 2 aliphatic rings. The van der Waals surface area contributed by atoms with E-state index in [1.165, 1.54) is 24.8 Å². The molecule has 2 atom stereocenters. The van der Waals surface area contributed by atoms with Crippen LogP contribution in [0.5, 0.6) is 0 Å². The average Bonchev–Trinajstić information content (AvgIpc) is 3.50. The van der Waals surface area contributed by atoms with Gasteiger partial charge in [0.25, 0.3) is 0 Å². The molecule has 0 radical (unpaired) electrons. The Labute approximate surface area is 176 Å². The van der Waals surface area contributed by atoms with E-state index in [-0.39, 0.29) is 0 Å². The van der Waals surface area contributed by atoms with Crippen LogP contribution in [0.3, 0.4) is 0 Å². The molecule has 1 aromatic carbocycles. The highest BCUT2D eigenvalue weighted by Crippen LogP contribution is 2.40. The molecule has 0 amide bonds. The molecule has 2 aliphatic carbocycles. The number of carbonyl (C=O) groups is 1. The molecule has 3 rings (SSSR count). The third-order valence-corrected chi connectivity index (χ3v) is 6.75. The van der Waals surface area contributed by atoms with Crippen LogP contribution in [-0.2, 0) is 4.79 Å². The molecule has 0 spiro atoms. The summed E-state index contributed by atoms with van der Waals surface area (Å²) in [7, 11) is 0.